The minimum Gasteiger partial charge on any atom is -0.461 e. The fourth-order valence-corrected chi connectivity index (χ4v) is 4.86. The highest BCUT2D eigenvalue weighted by molar-refractivity contribution is 6.07. The number of carbonyl (C=O) groups excluding carboxylic acids is 1. The Hall–Kier alpha value is -3.05. The topological polar surface area (TPSA) is 77.1 Å². The second-order valence-corrected chi connectivity index (χ2v) is 7.02. The summed E-state index contributed by atoms with van der Waals surface area (Å²) in [5.41, 5.74) is 0.791. The van der Waals surface area contributed by atoms with Gasteiger partial charge in [-0.3, -0.25) is 4.79 Å². The zero-order chi connectivity index (χ0) is 18.3. The third-order valence-electron chi connectivity index (χ3n) is 5.86. The fraction of sp³-hybridized carbons (Fsp3) is 0.381. The monoisotopic (exact) mass is 345 g/mol. The number of fused-ring (bicyclic) bond motifs is 4. The largest absolute Gasteiger partial charge is 0.461 e. The van der Waals surface area contributed by atoms with Crippen LogP contribution in [0.3, 0.4) is 0 Å². The van der Waals surface area contributed by atoms with Crippen LogP contribution in [0.25, 0.3) is 0 Å². The summed E-state index contributed by atoms with van der Waals surface area (Å²) in [5.74, 6) is -0.399. The van der Waals surface area contributed by atoms with Crippen LogP contribution in [0.5, 0.6) is 0 Å². The molecule has 1 aromatic rings. The average Bonchev–Trinajstić information content (AvgIpc) is 2.92. The van der Waals surface area contributed by atoms with Gasteiger partial charge in [-0.2, -0.15) is 10.5 Å². The van der Waals surface area contributed by atoms with Gasteiger partial charge in [0, 0.05) is 23.9 Å². The van der Waals surface area contributed by atoms with Crippen molar-refractivity contribution in [2.45, 2.75) is 31.3 Å². The Kier molecular flexibility index (Phi) is 3.81. The first-order valence-electron chi connectivity index (χ1n) is 8.94. The Morgan fingerprint density at radius 1 is 1.27 bits per heavy atom. The van der Waals surface area contributed by atoms with Crippen molar-refractivity contribution in [3.8, 4) is 12.1 Å². The van der Waals surface area contributed by atoms with E-state index < -0.39 is 5.60 Å². The van der Waals surface area contributed by atoms with Crippen LogP contribution in [0, 0.1) is 34.5 Å². The lowest BCUT2D eigenvalue weighted by atomic mass is 9.64. The third kappa shape index (κ3) is 1.98. The minimum absolute atomic E-state index is 0.000689. The summed E-state index contributed by atoms with van der Waals surface area (Å²) in [7, 11) is 0. The van der Waals surface area contributed by atoms with Crippen LogP contribution in [-0.2, 0) is 15.1 Å². The summed E-state index contributed by atoms with van der Waals surface area (Å²) in [6.07, 6.45) is 5.28. The van der Waals surface area contributed by atoms with Gasteiger partial charge in [0.1, 0.15) is 6.07 Å². The first-order chi connectivity index (χ1) is 12.7. The lowest BCUT2D eigenvalue weighted by Gasteiger charge is -2.46. The summed E-state index contributed by atoms with van der Waals surface area (Å²) in [6, 6.07) is 11.8. The molecule has 130 valence electrons. The molecule has 0 saturated heterocycles. The number of benzene rings is 1. The number of nitriles is 2. The average molecular weight is 345 g/mol. The number of para-hydroxylation sites is 1. The van der Waals surface area contributed by atoms with Gasteiger partial charge < -0.3 is 9.64 Å². The van der Waals surface area contributed by atoms with Gasteiger partial charge in [-0.15, -0.1) is 6.58 Å². The Morgan fingerprint density at radius 2 is 2.04 bits per heavy atom. The van der Waals surface area contributed by atoms with E-state index in [1.54, 1.807) is 11.0 Å². The van der Waals surface area contributed by atoms with E-state index in [2.05, 4.69) is 12.6 Å². The van der Waals surface area contributed by atoms with E-state index >= 15 is 0 Å². The Bertz CT molecular complexity index is 905. The number of allylic oxidation sites excluding steroid dienone is 2. The Morgan fingerprint density at radius 3 is 2.77 bits per heavy atom. The first kappa shape index (κ1) is 16.4. The van der Waals surface area contributed by atoms with Gasteiger partial charge in [0.15, 0.2) is 0 Å². The van der Waals surface area contributed by atoms with Gasteiger partial charge in [0.05, 0.1) is 17.3 Å². The molecule has 3 aliphatic rings. The van der Waals surface area contributed by atoms with Crippen LogP contribution in [0.1, 0.15) is 31.2 Å². The van der Waals surface area contributed by atoms with Crippen molar-refractivity contribution in [3.05, 3.63) is 53.8 Å². The molecule has 3 atom stereocenters. The molecule has 1 aliphatic carbocycles. The molecule has 5 heteroatoms. The highest BCUT2D eigenvalue weighted by atomic mass is 16.5. The number of hydrogen-bond donors (Lipinski definition) is 0. The van der Waals surface area contributed by atoms with E-state index in [0.717, 1.165) is 36.9 Å². The quantitative estimate of drug-likeness (QED) is 0.768. The molecule has 0 radical (unpaired) electrons. The van der Waals surface area contributed by atoms with Crippen molar-refractivity contribution >= 4 is 11.6 Å². The zero-order valence-electron chi connectivity index (χ0n) is 14.4. The predicted molar refractivity (Wildman–Crippen MR) is 95.5 cm³/mol. The number of ether oxygens (including phenoxy) is 1. The highest BCUT2D eigenvalue weighted by Gasteiger charge is 2.62. The molecular formula is C21H19N3O2. The van der Waals surface area contributed by atoms with Crippen LogP contribution in [0.4, 0.5) is 5.69 Å². The predicted octanol–water partition coefficient (Wildman–Crippen LogP) is 3.55. The number of amides is 1. The molecule has 2 heterocycles. The maximum absolute atomic E-state index is 13.6. The van der Waals surface area contributed by atoms with E-state index in [4.69, 9.17) is 4.74 Å². The summed E-state index contributed by atoms with van der Waals surface area (Å²) in [4.78, 5) is 15.3. The van der Waals surface area contributed by atoms with Gasteiger partial charge >= 0.3 is 0 Å². The van der Waals surface area contributed by atoms with Crippen molar-refractivity contribution in [3.63, 3.8) is 0 Å². The number of rotatable bonds is 2. The fourth-order valence-electron chi connectivity index (χ4n) is 4.86. The molecule has 0 bridgehead atoms. The van der Waals surface area contributed by atoms with Crippen molar-refractivity contribution in [2.24, 2.45) is 11.8 Å². The number of carbonyl (C=O) groups is 1. The Labute approximate surface area is 152 Å². The van der Waals surface area contributed by atoms with E-state index in [-0.39, 0.29) is 23.5 Å². The standard InChI is InChI=1S/C21H19N3O2/c1-2-11-24-18-10-6-5-9-17(18)21(20(24)25)16-8-4-3-7-14(16)15(12-22)19(13-23)26-21/h2,5-6,9-10,14,16H,1,3-4,7-8,11H2. The van der Waals surface area contributed by atoms with Crippen LogP contribution in [0.15, 0.2) is 48.3 Å². The summed E-state index contributed by atoms with van der Waals surface area (Å²) < 4.78 is 6.14. The molecule has 1 saturated carbocycles. The molecule has 4 rings (SSSR count). The highest BCUT2D eigenvalue weighted by Crippen LogP contribution is 2.57. The molecule has 0 aromatic heterocycles. The zero-order valence-corrected chi connectivity index (χ0v) is 14.4. The van der Waals surface area contributed by atoms with Crippen molar-refractivity contribution in [1.29, 1.82) is 10.5 Å². The van der Waals surface area contributed by atoms with Crippen LogP contribution in [-0.4, -0.2) is 12.5 Å². The molecule has 2 aliphatic heterocycles. The molecular weight excluding hydrogens is 326 g/mol. The van der Waals surface area contributed by atoms with Gasteiger partial charge in [-0.25, -0.2) is 0 Å². The minimum atomic E-state index is -1.21. The smallest absolute Gasteiger partial charge is 0.276 e. The van der Waals surface area contributed by atoms with Gasteiger partial charge in [0.2, 0.25) is 11.4 Å². The first-order valence-corrected chi connectivity index (χ1v) is 8.94. The maximum atomic E-state index is 13.6. The molecule has 26 heavy (non-hydrogen) atoms. The molecule has 1 amide bonds. The van der Waals surface area contributed by atoms with Crippen molar-refractivity contribution in [1.82, 2.24) is 0 Å². The van der Waals surface area contributed by atoms with E-state index in [9.17, 15) is 15.3 Å². The van der Waals surface area contributed by atoms with Crippen molar-refractivity contribution in [2.75, 3.05) is 11.4 Å². The SMILES string of the molecule is C=CCN1C(=O)C2(OC(C#N)=C(C#N)C3CCCCC32)c2ccccc21. The number of nitrogens with zero attached hydrogens (tertiary/aromatic N) is 3. The van der Waals surface area contributed by atoms with Gasteiger partial charge in [0.25, 0.3) is 5.91 Å². The van der Waals surface area contributed by atoms with Crippen molar-refractivity contribution < 1.29 is 9.53 Å². The molecule has 0 N–H and O–H groups in total. The van der Waals surface area contributed by atoms with Crippen LogP contribution >= 0.6 is 0 Å². The number of hydrogen-bond acceptors (Lipinski definition) is 4. The normalized spacial score (nSPS) is 29.5. The summed E-state index contributed by atoms with van der Waals surface area (Å²) in [6.45, 7) is 4.15. The Balaban J connectivity index is 1.97. The molecule has 3 unspecified atom stereocenters. The summed E-state index contributed by atoms with van der Waals surface area (Å²) in [5, 5.41) is 19.2. The van der Waals surface area contributed by atoms with E-state index in [0.29, 0.717) is 12.1 Å². The van der Waals surface area contributed by atoms with Crippen LogP contribution in [0.2, 0.25) is 0 Å². The van der Waals surface area contributed by atoms with Crippen LogP contribution < -0.4 is 4.90 Å². The third-order valence-corrected chi connectivity index (χ3v) is 5.86. The van der Waals surface area contributed by atoms with Gasteiger partial charge in [-0.1, -0.05) is 37.1 Å². The van der Waals surface area contributed by atoms with Gasteiger partial charge in [-0.05, 0) is 18.9 Å². The maximum Gasteiger partial charge on any atom is 0.276 e. The van der Waals surface area contributed by atoms with E-state index in [1.807, 2.05) is 30.3 Å². The second kappa shape index (κ2) is 6.04. The lowest BCUT2D eigenvalue weighted by molar-refractivity contribution is -0.153. The second-order valence-electron chi connectivity index (χ2n) is 7.02. The molecule has 1 fully saturated rings. The lowest BCUT2D eigenvalue weighted by Crippen LogP contribution is -2.53. The molecule has 1 aromatic carbocycles. The summed E-state index contributed by atoms with van der Waals surface area (Å²) >= 11 is 0. The number of anilines is 1. The molecule has 5 nitrogen and oxygen atoms in total. The molecule has 1 spiro atoms. The van der Waals surface area contributed by atoms with E-state index in [1.165, 1.54) is 0 Å².